The third-order valence-corrected chi connectivity index (χ3v) is 5.10. The highest BCUT2D eigenvalue weighted by atomic mass is 16.5. The Labute approximate surface area is 152 Å². The second-order valence-electron chi connectivity index (χ2n) is 6.84. The fraction of sp³-hybridized carbons (Fsp3) is 0.333. The van der Waals surface area contributed by atoms with Crippen LogP contribution in [0.25, 0.3) is 11.0 Å². The van der Waals surface area contributed by atoms with Crippen LogP contribution in [0.3, 0.4) is 0 Å². The molecule has 1 heterocycles. The minimum Gasteiger partial charge on any atom is -0.497 e. The second kappa shape index (κ2) is 6.83. The predicted octanol–water partition coefficient (Wildman–Crippen LogP) is 4.21. The molecule has 5 nitrogen and oxygen atoms in total. The smallest absolute Gasteiger partial charge is 0.233 e. The number of amides is 1. The van der Waals surface area contributed by atoms with Gasteiger partial charge < -0.3 is 14.2 Å². The van der Waals surface area contributed by atoms with E-state index in [1.54, 1.807) is 7.11 Å². The number of hydrogen-bond donors (Lipinski definition) is 0. The van der Waals surface area contributed by atoms with Crippen LogP contribution < -0.4 is 9.64 Å². The van der Waals surface area contributed by atoms with Crippen molar-refractivity contribution in [3.05, 3.63) is 54.2 Å². The van der Waals surface area contributed by atoms with Gasteiger partial charge in [-0.2, -0.15) is 0 Å². The van der Waals surface area contributed by atoms with Crippen molar-refractivity contribution in [1.29, 1.82) is 0 Å². The van der Waals surface area contributed by atoms with Crippen LogP contribution in [-0.2, 0) is 11.2 Å². The first-order valence-corrected chi connectivity index (χ1v) is 8.97. The molecule has 4 rings (SSSR count). The number of para-hydroxylation sites is 1. The standard InChI is InChI=1S/C21H22N2O3/c1-14(15-7-8-15)23(16-9-11-17(25-2)12-10-16)21(24)13-19-18-5-3-4-6-20(18)26-22-19/h3-6,9-12,14-15H,7-8,13H2,1-2H3/t14-/m1/s1. The van der Waals surface area contributed by atoms with Gasteiger partial charge in [-0.25, -0.2) is 0 Å². The number of aromatic nitrogens is 1. The van der Waals surface area contributed by atoms with E-state index in [9.17, 15) is 4.79 Å². The van der Waals surface area contributed by atoms with Crippen molar-refractivity contribution in [3.63, 3.8) is 0 Å². The van der Waals surface area contributed by atoms with Crippen LogP contribution in [0.4, 0.5) is 5.69 Å². The van der Waals surface area contributed by atoms with E-state index < -0.39 is 0 Å². The molecule has 1 saturated carbocycles. The van der Waals surface area contributed by atoms with E-state index in [4.69, 9.17) is 9.26 Å². The maximum atomic E-state index is 13.2. The zero-order chi connectivity index (χ0) is 18.1. The van der Waals surface area contributed by atoms with Gasteiger partial charge in [-0.05, 0) is 62.1 Å². The molecular formula is C21H22N2O3. The summed E-state index contributed by atoms with van der Waals surface area (Å²) in [5.41, 5.74) is 2.29. The molecule has 134 valence electrons. The van der Waals surface area contributed by atoms with Crippen molar-refractivity contribution < 1.29 is 14.1 Å². The van der Waals surface area contributed by atoms with E-state index in [0.717, 1.165) is 16.8 Å². The van der Waals surface area contributed by atoms with Crippen molar-refractivity contribution in [1.82, 2.24) is 5.16 Å². The summed E-state index contributed by atoms with van der Waals surface area (Å²) in [6.45, 7) is 2.13. The monoisotopic (exact) mass is 350 g/mol. The Kier molecular flexibility index (Phi) is 4.37. The molecule has 1 aliphatic rings. The van der Waals surface area contributed by atoms with E-state index in [-0.39, 0.29) is 18.4 Å². The molecule has 1 atom stereocenters. The van der Waals surface area contributed by atoms with E-state index in [1.165, 1.54) is 12.8 Å². The van der Waals surface area contributed by atoms with Crippen LogP contribution in [0.2, 0.25) is 0 Å². The average Bonchev–Trinajstić information content (AvgIpc) is 3.45. The van der Waals surface area contributed by atoms with Gasteiger partial charge in [0.2, 0.25) is 5.91 Å². The molecule has 0 spiro atoms. The second-order valence-corrected chi connectivity index (χ2v) is 6.84. The molecule has 1 fully saturated rings. The number of carbonyl (C=O) groups excluding carboxylic acids is 1. The third kappa shape index (κ3) is 3.17. The normalized spacial score (nSPS) is 15.0. The van der Waals surface area contributed by atoms with Gasteiger partial charge in [0.25, 0.3) is 0 Å². The van der Waals surface area contributed by atoms with E-state index >= 15 is 0 Å². The SMILES string of the molecule is COc1ccc(N(C(=O)Cc2noc3ccccc23)[C@H](C)C2CC2)cc1. The van der Waals surface area contributed by atoms with Crippen molar-refractivity contribution in [2.75, 3.05) is 12.0 Å². The minimum atomic E-state index is 0.0358. The highest BCUT2D eigenvalue weighted by Crippen LogP contribution is 2.37. The maximum Gasteiger partial charge on any atom is 0.233 e. The number of carbonyl (C=O) groups is 1. The maximum absolute atomic E-state index is 13.2. The molecular weight excluding hydrogens is 328 g/mol. The van der Waals surface area contributed by atoms with Crippen LogP contribution >= 0.6 is 0 Å². The van der Waals surface area contributed by atoms with Gasteiger partial charge in [-0.1, -0.05) is 17.3 Å². The average molecular weight is 350 g/mol. The molecule has 0 radical (unpaired) electrons. The third-order valence-electron chi connectivity index (χ3n) is 5.10. The van der Waals surface area contributed by atoms with E-state index in [1.807, 2.05) is 53.4 Å². The van der Waals surface area contributed by atoms with Crippen molar-refractivity contribution >= 4 is 22.6 Å². The lowest BCUT2D eigenvalue weighted by Crippen LogP contribution is -2.41. The highest BCUT2D eigenvalue weighted by Gasteiger charge is 2.35. The van der Waals surface area contributed by atoms with Crippen LogP contribution in [0.15, 0.2) is 53.1 Å². The zero-order valence-electron chi connectivity index (χ0n) is 15.0. The molecule has 0 bridgehead atoms. The molecule has 0 unspecified atom stereocenters. The first-order valence-electron chi connectivity index (χ1n) is 8.97. The van der Waals surface area contributed by atoms with Gasteiger partial charge >= 0.3 is 0 Å². The zero-order valence-corrected chi connectivity index (χ0v) is 15.0. The van der Waals surface area contributed by atoms with Crippen molar-refractivity contribution in [2.45, 2.75) is 32.2 Å². The lowest BCUT2D eigenvalue weighted by molar-refractivity contribution is -0.118. The number of hydrogen-bond acceptors (Lipinski definition) is 4. The summed E-state index contributed by atoms with van der Waals surface area (Å²) in [4.78, 5) is 15.1. The fourth-order valence-corrected chi connectivity index (χ4v) is 3.43. The number of fused-ring (bicyclic) bond motifs is 1. The Balaban J connectivity index is 1.63. The summed E-state index contributed by atoms with van der Waals surface area (Å²) in [6, 6.07) is 15.5. The van der Waals surface area contributed by atoms with Crippen molar-refractivity contribution in [2.24, 2.45) is 5.92 Å². The molecule has 5 heteroatoms. The molecule has 26 heavy (non-hydrogen) atoms. The van der Waals surface area contributed by atoms with E-state index in [0.29, 0.717) is 17.2 Å². The summed E-state index contributed by atoms with van der Waals surface area (Å²) in [5.74, 6) is 1.38. The molecule has 0 saturated heterocycles. The number of methoxy groups -OCH3 is 1. The number of ether oxygens (including phenoxy) is 1. The van der Waals surface area contributed by atoms with Gasteiger partial charge in [0, 0.05) is 17.1 Å². The molecule has 2 aromatic carbocycles. The summed E-state index contributed by atoms with van der Waals surface area (Å²) in [6.07, 6.45) is 2.57. The largest absolute Gasteiger partial charge is 0.497 e. The molecule has 0 aliphatic heterocycles. The van der Waals surface area contributed by atoms with Crippen molar-refractivity contribution in [3.8, 4) is 5.75 Å². The first kappa shape index (κ1) is 16.6. The Morgan fingerprint density at radius 1 is 1.23 bits per heavy atom. The Morgan fingerprint density at radius 3 is 2.65 bits per heavy atom. The lowest BCUT2D eigenvalue weighted by Gasteiger charge is -2.29. The summed E-state index contributed by atoms with van der Waals surface area (Å²) in [5, 5.41) is 5.01. The van der Waals surface area contributed by atoms with Gasteiger partial charge in [-0.15, -0.1) is 0 Å². The predicted molar refractivity (Wildman–Crippen MR) is 100 cm³/mol. The number of anilines is 1. The molecule has 1 amide bonds. The van der Waals surface area contributed by atoms with Gasteiger partial charge in [0.15, 0.2) is 5.58 Å². The molecule has 1 aromatic heterocycles. The minimum absolute atomic E-state index is 0.0358. The Bertz CT molecular complexity index is 912. The van der Waals surface area contributed by atoms with Crippen LogP contribution in [0.5, 0.6) is 5.75 Å². The first-order chi connectivity index (χ1) is 12.7. The molecule has 3 aromatic rings. The Hall–Kier alpha value is -2.82. The lowest BCUT2D eigenvalue weighted by atomic mass is 10.1. The summed E-state index contributed by atoms with van der Waals surface area (Å²) >= 11 is 0. The number of rotatable bonds is 6. The van der Waals surface area contributed by atoms with Gasteiger partial charge in [-0.3, -0.25) is 4.79 Å². The fourth-order valence-electron chi connectivity index (χ4n) is 3.43. The number of benzene rings is 2. The van der Waals surface area contributed by atoms with Gasteiger partial charge in [0.05, 0.1) is 13.5 Å². The summed E-state index contributed by atoms with van der Waals surface area (Å²) in [7, 11) is 1.64. The number of nitrogens with zero attached hydrogens (tertiary/aromatic N) is 2. The Morgan fingerprint density at radius 2 is 1.96 bits per heavy atom. The quantitative estimate of drug-likeness (QED) is 0.668. The van der Waals surface area contributed by atoms with Gasteiger partial charge in [0.1, 0.15) is 11.4 Å². The molecule has 0 N–H and O–H groups in total. The summed E-state index contributed by atoms with van der Waals surface area (Å²) < 4.78 is 10.6. The van der Waals surface area contributed by atoms with Crippen LogP contribution in [0.1, 0.15) is 25.5 Å². The highest BCUT2D eigenvalue weighted by molar-refractivity contribution is 5.97. The van der Waals surface area contributed by atoms with Crippen LogP contribution in [-0.4, -0.2) is 24.2 Å². The molecule has 1 aliphatic carbocycles. The van der Waals surface area contributed by atoms with E-state index in [2.05, 4.69) is 12.1 Å². The van der Waals surface area contributed by atoms with Crippen LogP contribution in [0, 0.1) is 5.92 Å². The topological polar surface area (TPSA) is 55.6 Å².